The van der Waals surface area contributed by atoms with Gasteiger partial charge >= 0.3 is 11.9 Å². The highest BCUT2D eigenvalue weighted by Crippen LogP contribution is 2.18. The van der Waals surface area contributed by atoms with Crippen molar-refractivity contribution < 1.29 is 38.1 Å². The number of fused-ring (bicyclic) bond motifs is 2. The third-order valence-electron chi connectivity index (χ3n) is 7.39. The summed E-state index contributed by atoms with van der Waals surface area (Å²) in [6.07, 6.45) is 3.19. The largest absolute Gasteiger partial charge is 0.479 e. The third kappa shape index (κ3) is 10.7. The van der Waals surface area contributed by atoms with Gasteiger partial charge in [-0.1, -0.05) is 67.4 Å². The Morgan fingerprint density at radius 3 is 2.40 bits per heavy atom. The van der Waals surface area contributed by atoms with Crippen molar-refractivity contribution in [3.05, 3.63) is 78.2 Å². The van der Waals surface area contributed by atoms with E-state index in [9.17, 15) is 19.5 Å². The molecule has 240 valence electrons. The molecule has 0 bridgehead atoms. The molecule has 1 amide bonds. The second-order valence-electron chi connectivity index (χ2n) is 10.8. The average molecular weight is 619 g/mol. The zero-order chi connectivity index (χ0) is 31.9. The van der Waals surface area contributed by atoms with Gasteiger partial charge in [-0.3, -0.25) is 4.79 Å². The molecule has 4 rings (SSSR count). The normalized spacial score (nSPS) is 12.6. The zero-order valence-electron chi connectivity index (χ0n) is 25.7. The van der Waals surface area contributed by atoms with Crippen LogP contribution in [0.3, 0.4) is 0 Å². The predicted octanol–water partition coefficient (Wildman–Crippen LogP) is 5.64. The molecule has 10 nitrogen and oxygen atoms in total. The number of aliphatic carboxylic acids is 1. The SMILES string of the molecule is CCOC(=O)CO[C@@H](C(=O)O)[C@@H](OCCCCCc1nc2ccccc2o1)C(=O)NCCCCCc1ccc2ccccc2c1. The number of benzene rings is 3. The number of nitrogens with zero attached hydrogens (tertiary/aromatic N) is 1. The van der Waals surface area contributed by atoms with Crippen LogP contribution < -0.4 is 5.32 Å². The Morgan fingerprint density at radius 2 is 1.60 bits per heavy atom. The van der Waals surface area contributed by atoms with E-state index in [2.05, 4.69) is 40.6 Å². The summed E-state index contributed by atoms with van der Waals surface area (Å²) < 4.78 is 21.7. The molecule has 0 unspecified atom stereocenters. The Hall–Kier alpha value is -4.28. The second-order valence-corrected chi connectivity index (χ2v) is 10.8. The number of esters is 1. The lowest BCUT2D eigenvalue weighted by Gasteiger charge is -2.23. The van der Waals surface area contributed by atoms with Crippen molar-refractivity contribution in [1.29, 1.82) is 0 Å². The topological polar surface area (TPSA) is 137 Å². The first-order valence-electron chi connectivity index (χ1n) is 15.7. The van der Waals surface area contributed by atoms with Crippen LogP contribution in [0.2, 0.25) is 0 Å². The van der Waals surface area contributed by atoms with E-state index < -0.39 is 36.7 Å². The number of rotatable bonds is 20. The van der Waals surface area contributed by atoms with Crippen LogP contribution in [0.5, 0.6) is 0 Å². The van der Waals surface area contributed by atoms with Crippen LogP contribution in [0.1, 0.15) is 56.9 Å². The Labute approximate surface area is 263 Å². The summed E-state index contributed by atoms with van der Waals surface area (Å²) in [5, 5.41) is 15.1. The summed E-state index contributed by atoms with van der Waals surface area (Å²) >= 11 is 0. The van der Waals surface area contributed by atoms with E-state index in [4.69, 9.17) is 18.6 Å². The minimum Gasteiger partial charge on any atom is -0.479 e. The molecule has 0 fully saturated rings. The molecule has 2 N–H and O–H groups in total. The number of carbonyl (C=O) groups excluding carboxylic acids is 2. The van der Waals surface area contributed by atoms with Gasteiger partial charge in [0.1, 0.15) is 12.1 Å². The predicted molar refractivity (Wildman–Crippen MR) is 170 cm³/mol. The number of carboxylic acid groups (broad SMARTS) is 1. The summed E-state index contributed by atoms with van der Waals surface area (Å²) in [7, 11) is 0. The monoisotopic (exact) mass is 618 g/mol. The van der Waals surface area contributed by atoms with E-state index in [0.717, 1.165) is 49.6 Å². The fourth-order valence-electron chi connectivity index (χ4n) is 5.08. The molecule has 4 aromatic rings. The van der Waals surface area contributed by atoms with Crippen molar-refractivity contribution in [2.45, 2.75) is 70.5 Å². The van der Waals surface area contributed by atoms with Crippen LogP contribution in [-0.2, 0) is 41.4 Å². The molecule has 0 radical (unpaired) electrons. The summed E-state index contributed by atoms with van der Waals surface area (Å²) in [4.78, 5) is 41.5. The van der Waals surface area contributed by atoms with E-state index in [0.29, 0.717) is 25.3 Å². The van der Waals surface area contributed by atoms with Crippen molar-refractivity contribution in [2.24, 2.45) is 0 Å². The highest BCUT2D eigenvalue weighted by molar-refractivity contribution is 5.88. The van der Waals surface area contributed by atoms with Gasteiger partial charge in [0.2, 0.25) is 0 Å². The van der Waals surface area contributed by atoms with Gasteiger partial charge in [0.25, 0.3) is 5.91 Å². The minimum absolute atomic E-state index is 0.130. The molecule has 1 heterocycles. The zero-order valence-corrected chi connectivity index (χ0v) is 25.7. The molecule has 0 aliphatic heterocycles. The molecule has 1 aromatic heterocycles. The molecule has 0 saturated carbocycles. The van der Waals surface area contributed by atoms with E-state index >= 15 is 0 Å². The number of para-hydroxylation sites is 2. The average Bonchev–Trinajstić information content (AvgIpc) is 3.46. The van der Waals surface area contributed by atoms with E-state index in [1.807, 2.05) is 36.4 Å². The molecule has 0 spiro atoms. The summed E-state index contributed by atoms with van der Waals surface area (Å²) in [5.41, 5.74) is 2.83. The van der Waals surface area contributed by atoms with Crippen molar-refractivity contribution in [2.75, 3.05) is 26.4 Å². The van der Waals surface area contributed by atoms with E-state index in [1.54, 1.807) is 6.92 Å². The van der Waals surface area contributed by atoms with Gasteiger partial charge in [-0.15, -0.1) is 0 Å². The number of amides is 1. The number of carboxylic acids is 1. The minimum atomic E-state index is -1.66. The third-order valence-corrected chi connectivity index (χ3v) is 7.39. The van der Waals surface area contributed by atoms with Crippen LogP contribution in [0, 0.1) is 0 Å². The van der Waals surface area contributed by atoms with Crippen LogP contribution in [-0.4, -0.2) is 66.5 Å². The molecule has 45 heavy (non-hydrogen) atoms. The number of hydrogen-bond acceptors (Lipinski definition) is 8. The maximum absolute atomic E-state index is 13.1. The van der Waals surface area contributed by atoms with E-state index in [-0.39, 0.29) is 13.2 Å². The number of carbonyl (C=O) groups is 3. The van der Waals surface area contributed by atoms with Crippen molar-refractivity contribution in [1.82, 2.24) is 10.3 Å². The van der Waals surface area contributed by atoms with Crippen molar-refractivity contribution in [3.63, 3.8) is 0 Å². The fraction of sp³-hybridized carbons (Fsp3) is 0.429. The number of oxazole rings is 1. The highest BCUT2D eigenvalue weighted by atomic mass is 16.6. The second kappa shape index (κ2) is 17.9. The van der Waals surface area contributed by atoms with Gasteiger partial charge in [0.15, 0.2) is 23.7 Å². The van der Waals surface area contributed by atoms with Gasteiger partial charge in [-0.2, -0.15) is 0 Å². The number of unbranched alkanes of at least 4 members (excludes halogenated alkanes) is 4. The van der Waals surface area contributed by atoms with Gasteiger partial charge < -0.3 is 29.1 Å². The molecular formula is C35H42N2O8. The Balaban J connectivity index is 1.22. The van der Waals surface area contributed by atoms with Crippen LogP contribution >= 0.6 is 0 Å². The number of aryl methyl sites for hydroxylation is 2. The molecule has 10 heteroatoms. The fourth-order valence-corrected chi connectivity index (χ4v) is 5.08. The lowest BCUT2D eigenvalue weighted by atomic mass is 10.0. The standard InChI is InChI=1S/C35H42N2O8/c1-2-42-31(38)24-44-33(35(40)41)32(43-22-12-4-6-18-30-37-28-16-9-10-17-29(28)45-30)34(39)36-21-11-3-5-13-25-19-20-26-14-7-8-15-27(26)23-25/h7-10,14-17,19-20,23,32-33H,2-6,11-13,18,21-22,24H2,1H3,(H,36,39)(H,40,41)/t32-,33-/m1/s1. The first-order chi connectivity index (χ1) is 21.9. The van der Waals surface area contributed by atoms with Gasteiger partial charge in [0.05, 0.1) is 6.61 Å². The number of ether oxygens (including phenoxy) is 3. The summed E-state index contributed by atoms with van der Waals surface area (Å²) in [6, 6.07) is 22.3. The quantitative estimate of drug-likeness (QED) is 0.0952. The molecule has 2 atom stereocenters. The Bertz CT molecular complexity index is 1500. The van der Waals surface area contributed by atoms with Crippen molar-refractivity contribution in [3.8, 4) is 0 Å². The molecule has 0 saturated heterocycles. The summed E-state index contributed by atoms with van der Waals surface area (Å²) in [5.74, 6) is -2.04. The summed E-state index contributed by atoms with van der Waals surface area (Å²) in [6.45, 7) is 1.68. The number of nitrogens with one attached hydrogen (secondary N) is 1. The van der Waals surface area contributed by atoms with Gasteiger partial charge in [-0.05, 0) is 67.5 Å². The highest BCUT2D eigenvalue weighted by Gasteiger charge is 2.36. The van der Waals surface area contributed by atoms with Crippen LogP contribution in [0.25, 0.3) is 21.9 Å². The Morgan fingerprint density at radius 1 is 0.844 bits per heavy atom. The molecular weight excluding hydrogens is 576 g/mol. The van der Waals surface area contributed by atoms with Crippen LogP contribution in [0.4, 0.5) is 0 Å². The first-order valence-corrected chi connectivity index (χ1v) is 15.7. The van der Waals surface area contributed by atoms with Crippen LogP contribution in [0.15, 0.2) is 71.1 Å². The molecule has 3 aromatic carbocycles. The van der Waals surface area contributed by atoms with Gasteiger partial charge in [-0.25, -0.2) is 14.6 Å². The lowest BCUT2D eigenvalue weighted by Crippen LogP contribution is -2.49. The van der Waals surface area contributed by atoms with Crippen molar-refractivity contribution >= 4 is 39.7 Å². The lowest BCUT2D eigenvalue weighted by molar-refractivity contribution is -0.174. The molecule has 0 aliphatic rings. The van der Waals surface area contributed by atoms with Gasteiger partial charge in [0, 0.05) is 19.6 Å². The smallest absolute Gasteiger partial charge is 0.336 e. The molecule has 0 aliphatic carbocycles. The van der Waals surface area contributed by atoms with E-state index in [1.165, 1.54) is 16.3 Å². The maximum Gasteiger partial charge on any atom is 0.336 e. The first kappa shape index (κ1) is 33.6. The number of aromatic nitrogens is 1. The Kier molecular flexibility index (Phi) is 13.3. The maximum atomic E-state index is 13.1. The number of hydrogen-bond donors (Lipinski definition) is 2.